The number of fused-ring (bicyclic) bond motifs is 1. The van der Waals surface area contributed by atoms with Gasteiger partial charge in [-0.15, -0.1) is 0 Å². The molecule has 1 aliphatic carbocycles. The number of aromatic carboxylic acids is 1. The van der Waals surface area contributed by atoms with Crippen molar-refractivity contribution in [1.29, 1.82) is 0 Å². The normalized spacial score (nSPS) is 18.6. The molecule has 23 heavy (non-hydrogen) atoms. The Balaban J connectivity index is 1.94. The quantitative estimate of drug-likeness (QED) is 0.865. The molecule has 126 valence electrons. The van der Waals surface area contributed by atoms with Crippen LogP contribution >= 0.6 is 0 Å². The van der Waals surface area contributed by atoms with Crippen molar-refractivity contribution in [3.8, 4) is 11.5 Å². The van der Waals surface area contributed by atoms with Gasteiger partial charge in [-0.2, -0.15) is 0 Å². The second kappa shape index (κ2) is 6.37. The lowest BCUT2D eigenvalue weighted by Gasteiger charge is -2.24. The van der Waals surface area contributed by atoms with E-state index in [0.717, 1.165) is 38.2 Å². The molecule has 0 spiro atoms. The average molecular weight is 341 g/mol. The summed E-state index contributed by atoms with van der Waals surface area (Å²) in [6.45, 7) is 0.491. The summed E-state index contributed by atoms with van der Waals surface area (Å²) in [6, 6.07) is 2.35. The van der Waals surface area contributed by atoms with Gasteiger partial charge < -0.3 is 14.6 Å². The molecule has 2 aliphatic rings. The van der Waals surface area contributed by atoms with E-state index in [1.54, 1.807) is 0 Å². The number of ether oxygens (including phenoxy) is 2. The van der Waals surface area contributed by atoms with Crippen molar-refractivity contribution in [2.45, 2.75) is 43.0 Å². The molecule has 1 aromatic rings. The van der Waals surface area contributed by atoms with Crippen molar-refractivity contribution >= 4 is 16.0 Å². The molecule has 0 aromatic heterocycles. The van der Waals surface area contributed by atoms with Gasteiger partial charge in [0.05, 0.1) is 4.90 Å². The Labute approximate surface area is 134 Å². The summed E-state index contributed by atoms with van der Waals surface area (Å²) in [5.74, 6) is -1.01. The largest absolute Gasteiger partial charge is 0.486 e. The predicted octanol–water partition coefficient (Wildman–Crippen LogP) is 1.77. The molecule has 1 fully saturated rings. The number of rotatable bonds is 4. The molecular formula is C15H19NO6S. The lowest BCUT2D eigenvalue weighted by molar-refractivity contribution is 0.0685. The topological polar surface area (TPSA) is 102 Å². The fourth-order valence-corrected chi connectivity index (χ4v) is 4.30. The van der Waals surface area contributed by atoms with Crippen molar-refractivity contribution in [2.24, 2.45) is 0 Å². The second-order valence-corrected chi connectivity index (χ2v) is 7.47. The third-order valence-corrected chi connectivity index (χ3v) is 5.58. The van der Waals surface area contributed by atoms with Crippen LogP contribution in [0.3, 0.4) is 0 Å². The number of hydrogen-bond donors (Lipinski definition) is 2. The van der Waals surface area contributed by atoms with Crippen molar-refractivity contribution in [1.82, 2.24) is 4.72 Å². The van der Waals surface area contributed by atoms with E-state index in [4.69, 9.17) is 9.47 Å². The van der Waals surface area contributed by atoms with Gasteiger partial charge >= 0.3 is 5.97 Å². The number of carboxylic acids is 1. The van der Waals surface area contributed by atoms with Crippen molar-refractivity contribution < 1.29 is 27.8 Å². The van der Waals surface area contributed by atoms with Crippen molar-refractivity contribution in [3.63, 3.8) is 0 Å². The van der Waals surface area contributed by atoms with Gasteiger partial charge in [0.15, 0.2) is 11.5 Å². The maximum absolute atomic E-state index is 12.6. The van der Waals surface area contributed by atoms with E-state index in [9.17, 15) is 18.3 Å². The number of sulfonamides is 1. The van der Waals surface area contributed by atoms with E-state index in [1.165, 1.54) is 6.07 Å². The maximum atomic E-state index is 12.6. The molecule has 1 aliphatic heterocycles. The standard InChI is InChI=1S/C15H19NO6S/c17-15(18)12-8-11(9-13-14(12)22-7-6-21-13)23(19,20)16-10-4-2-1-3-5-10/h8-10,16H,1-7H2,(H,17,18). The van der Waals surface area contributed by atoms with Gasteiger partial charge in [0.25, 0.3) is 0 Å². The van der Waals surface area contributed by atoms with Crippen LogP contribution in [-0.4, -0.2) is 38.7 Å². The first-order valence-corrected chi connectivity index (χ1v) is 9.15. The summed E-state index contributed by atoms with van der Waals surface area (Å²) in [5.41, 5.74) is -0.203. The van der Waals surface area contributed by atoms with Gasteiger partial charge in [-0.3, -0.25) is 0 Å². The molecule has 0 radical (unpaired) electrons. The molecule has 0 bridgehead atoms. The third kappa shape index (κ3) is 3.42. The Bertz CT molecular complexity index is 709. The monoisotopic (exact) mass is 341 g/mol. The number of benzene rings is 1. The fraction of sp³-hybridized carbons (Fsp3) is 0.533. The number of carboxylic acid groups (broad SMARTS) is 1. The minimum absolute atomic E-state index is 0.0837. The summed E-state index contributed by atoms with van der Waals surface area (Å²) in [6.07, 6.45) is 4.71. The van der Waals surface area contributed by atoms with Gasteiger partial charge in [-0.1, -0.05) is 19.3 Å². The first-order valence-electron chi connectivity index (χ1n) is 7.66. The molecule has 0 unspecified atom stereocenters. The first-order chi connectivity index (χ1) is 11.0. The molecule has 3 rings (SSSR count). The minimum atomic E-state index is -3.80. The highest BCUT2D eigenvalue weighted by Gasteiger charge is 2.28. The van der Waals surface area contributed by atoms with Crippen LogP contribution < -0.4 is 14.2 Å². The van der Waals surface area contributed by atoms with Crippen LogP contribution in [0.2, 0.25) is 0 Å². The lowest BCUT2D eigenvalue weighted by Crippen LogP contribution is -2.36. The molecule has 7 nitrogen and oxygen atoms in total. The van der Waals surface area contributed by atoms with Crippen LogP contribution in [0.5, 0.6) is 11.5 Å². The number of hydrogen-bond acceptors (Lipinski definition) is 5. The van der Waals surface area contributed by atoms with Crippen LogP contribution in [0.4, 0.5) is 0 Å². The van der Waals surface area contributed by atoms with Crippen LogP contribution in [0, 0.1) is 0 Å². The van der Waals surface area contributed by atoms with Gasteiger partial charge in [0.1, 0.15) is 18.8 Å². The zero-order valence-corrected chi connectivity index (χ0v) is 13.4. The van der Waals surface area contributed by atoms with Gasteiger partial charge in [0.2, 0.25) is 10.0 Å². The van der Waals surface area contributed by atoms with Crippen LogP contribution in [-0.2, 0) is 10.0 Å². The highest BCUT2D eigenvalue weighted by molar-refractivity contribution is 7.89. The molecule has 1 heterocycles. The van der Waals surface area contributed by atoms with E-state index >= 15 is 0 Å². The third-order valence-electron chi connectivity index (χ3n) is 4.08. The Hall–Kier alpha value is -1.80. The Morgan fingerprint density at radius 3 is 2.52 bits per heavy atom. The summed E-state index contributed by atoms with van der Waals surface area (Å²) in [7, 11) is -3.80. The summed E-state index contributed by atoms with van der Waals surface area (Å²) >= 11 is 0. The molecule has 8 heteroatoms. The van der Waals surface area contributed by atoms with Gasteiger partial charge in [0, 0.05) is 12.1 Å². The minimum Gasteiger partial charge on any atom is -0.486 e. The summed E-state index contributed by atoms with van der Waals surface area (Å²) in [5, 5.41) is 9.30. The van der Waals surface area contributed by atoms with Crippen molar-refractivity contribution in [3.05, 3.63) is 17.7 Å². The van der Waals surface area contributed by atoms with E-state index < -0.39 is 16.0 Å². The van der Waals surface area contributed by atoms with E-state index in [1.807, 2.05) is 0 Å². The molecule has 1 saturated carbocycles. The first kappa shape index (κ1) is 16.1. The number of nitrogens with one attached hydrogen (secondary N) is 1. The highest BCUT2D eigenvalue weighted by Crippen LogP contribution is 2.36. The average Bonchev–Trinajstić information content (AvgIpc) is 2.54. The molecule has 1 aromatic carbocycles. The Kier molecular flexibility index (Phi) is 4.45. The summed E-state index contributed by atoms with van der Waals surface area (Å²) < 4.78 is 38.5. The van der Waals surface area contributed by atoms with E-state index in [2.05, 4.69) is 4.72 Å². The summed E-state index contributed by atoms with van der Waals surface area (Å²) in [4.78, 5) is 11.3. The number of carbonyl (C=O) groups is 1. The van der Waals surface area contributed by atoms with E-state index in [-0.39, 0.29) is 41.2 Å². The fourth-order valence-electron chi connectivity index (χ4n) is 2.95. The molecular weight excluding hydrogens is 322 g/mol. The maximum Gasteiger partial charge on any atom is 0.339 e. The highest BCUT2D eigenvalue weighted by atomic mass is 32.2. The molecule has 0 amide bonds. The smallest absolute Gasteiger partial charge is 0.339 e. The zero-order valence-electron chi connectivity index (χ0n) is 12.6. The van der Waals surface area contributed by atoms with Gasteiger partial charge in [-0.05, 0) is 18.9 Å². The van der Waals surface area contributed by atoms with Gasteiger partial charge in [-0.25, -0.2) is 17.9 Å². The zero-order chi connectivity index (χ0) is 16.4. The molecule has 2 N–H and O–H groups in total. The Morgan fingerprint density at radius 1 is 1.13 bits per heavy atom. The SMILES string of the molecule is O=C(O)c1cc(S(=O)(=O)NC2CCCCC2)cc2c1OCCO2. The Morgan fingerprint density at radius 2 is 1.83 bits per heavy atom. The molecule has 0 atom stereocenters. The van der Waals surface area contributed by atoms with Crippen LogP contribution in [0.15, 0.2) is 17.0 Å². The lowest BCUT2D eigenvalue weighted by atomic mass is 9.96. The molecule has 0 saturated heterocycles. The van der Waals surface area contributed by atoms with Crippen LogP contribution in [0.25, 0.3) is 0 Å². The predicted molar refractivity (Wildman–Crippen MR) is 81.6 cm³/mol. The second-order valence-electron chi connectivity index (χ2n) is 5.76. The van der Waals surface area contributed by atoms with Crippen LogP contribution in [0.1, 0.15) is 42.5 Å². The van der Waals surface area contributed by atoms with E-state index in [0.29, 0.717) is 0 Å². The van der Waals surface area contributed by atoms with Crippen molar-refractivity contribution in [2.75, 3.05) is 13.2 Å².